The molecule has 0 aliphatic carbocycles. The molecule has 214 valence electrons. The fraction of sp³-hybridized carbons (Fsp3) is 0.129. The van der Waals surface area contributed by atoms with E-state index in [9.17, 15) is 18.0 Å². The highest BCUT2D eigenvalue weighted by atomic mass is 19.4. The van der Waals surface area contributed by atoms with Crippen molar-refractivity contribution in [3.8, 4) is 33.8 Å². The van der Waals surface area contributed by atoms with E-state index in [0.717, 1.165) is 46.0 Å². The van der Waals surface area contributed by atoms with Crippen LogP contribution in [0.25, 0.3) is 28.1 Å². The molecule has 5 rings (SSSR count). The first kappa shape index (κ1) is 28.2. The molecule has 0 aliphatic heterocycles. The molecule has 0 aliphatic rings. The van der Waals surface area contributed by atoms with Crippen molar-refractivity contribution in [1.29, 1.82) is 0 Å². The second kappa shape index (κ2) is 12.5. The summed E-state index contributed by atoms with van der Waals surface area (Å²) in [5.41, 5.74) is 3.54. The topological polar surface area (TPSA) is 93.1 Å². The van der Waals surface area contributed by atoms with Crippen LogP contribution in [-0.4, -0.2) is 41.0 Å². The second-order valence-corrected chi connectivity index (χ2v) is 9.22. The fourth-order valence-electron chi connectivity index (χ4n) is 4.29. The van der Waals surface area contributed by atoms with Crippen LogP contribution in [-0.2, 0) is 6.18 Å². The number of alkyl halides is 3. The summed E-state index contributed by atoms with van der Waals surface area (Å²) < 4.78 is 46.0. The third-order valence-corrected chi connectivity index (χ3v) is 6.31. The highest BCUT2D eigenvalue weighted by molar-refractivity contribution is 5.89. The van der Waals surface area contributed by atoms with Crippen molar-refractivity contribution in [2.24, 2.45) is 0 Å². The number of nitrogens with zero attached hydrogens (tertiary/aromatic N) is 3. The average molecular weight is 573 g/mol. The van der Waals surface area contributed by atoms with E-state index in [0.29, 0.717) is 12.4 Å². The largest absolute Gasteiger partial charge is 0.497 e. The normalized spacial score (nSPS) is 11.1. The van der Waals surface area contributed by atoms with Crippen molar-refractivity contribution in [2.75, 3.05) is 30.8 Å². The van der Waals surface area contributed by atoms with Crippen LogP contribution in [0.3, 0.4) is 0 Å². The third-order valence-electron chi connectivity index (χ3n) is 6.31. The summed E-state index contributed by atoms with van der Waals surface area (Å²) in [6.45, 7) is 0.538. The summed E-state index contributed by atoms with van der Waals surface area (Å²) in [6, 6.07) is 25.1. The summed E-state index contributed by atoms with van der Waals surface area (Å²) in [6.07, 6.45) is -0.849. The van der Waals surface area contributed by atoms with Gasteiger partial charge in [-0.1, -0.05) is 36.4 Å². The molecule has 0 spiro atoms. The zero-order chi connectivity index (χ0) is 29.5. The quantitative estimate of drug-likeness (QED) is 0.168. The van der Waals surface area contributed by atoms with Crippen molar-refractivity contribution in [2.45, 2.75) is 6.18 Å². The zero-order valence-electron chi connectivity index (χ0n) is 22.5. The predicted octanol–water partition coefficient (Wildman–Crippen LogP) is 6.86. The molecule has 2 heterocycles. The van der Waals surface area contributed by atoms with Gasteiger partial charge < -0.3 is 20.7 Å². The number of nitrogens with one attached hydrogen (secondary N) is 3. The maximum atomic E-state index is 12.9. The number of rotatable bonds is 9. The molecule has 0 saturated carbocycles. The lowest BCUT2D eigenvalue weighted by Gasteiger charge is -2.11. The molecule has 11 heteroatoms. The predicted molar refractivity (Wildman–Crippen MR) is 156 cm³/mol. The second-order valence-electron chi connectivity index (χ2n) is 9.22. The Bertz CT molecular complexity index is 1670. The highest BCUT2D eigenvalue weighted by Crippen LogP contribution is 2.34. The summed E-state index contributed by atoms with van der Waals surface area (Å²) in [5, 5.41) is 13.1. The number of halogens is 3. The van der Waals surface area contributed by atoms with E-state index in [4.69, 9.17) is 9.84 Å². The summed E-state index contributed by atoms with van der Waals surface area (Å²) in [7, 11) is 1.62. The van der Waals surface area contributed by atoms with Crippen LogP contribution >= 0.6 is 0 Å². The van der Waals surface area contributed by atoms with Crippen molar-refractivity contribution in [1.82, 2.24) is 20.1 Å². The summed E-state index contributed by atoms with van der Waals surface area (Å²) in [5.74, 6) is 1.30. The number of benzene rings is 3. The Morgan fingerprint density at radius 3 is 2.50 bits per heavy atom. The Kier molecular flexibility index (Phi) is 8.37. The molecule has 0 radical (unpaired) electrons. The minimum absolute atomic E-state index is 0.0486. The molecule has 0 fully saturated rings. The lowest BCUT2D eigenvalue weighted by molar-refractivity contribution is -0.137. The monoisotopic (exact) mass is 572 g/mol. The fourth-order valence-corrected chi connectivity index (χ4v) is 4.29. The Labute approximate surface area is 240 Å². The van der Waals surface area contributed by atoms with Gasteiger partial charge in [0.15, 0.2) is 0 Å². The van der Waals surface area contributed by atoms with Gasteiger partial charge >= 0.3 is 12.2 Å². The first-order chi connectivity index (χ1) is 20.3. The number of hydrogen-bond donors (Lipinski definition) is 3. The van der Waals surface area contributed by atoms with Gasteiger partial charge in [-0.2, -0.15) is 18.3 Å². The van der Waals surface area contributed by atoms with E-state index < -0.39 is 17.8 Å². The lowest BCUT2D eigenvalue weighted by atomic mass is 10.0. The molecular weight excluding hydrogens is 545 g/mol. The molecule has 5 aromatic rings. The lowest BCUT2D eigenvalue weighted by Crippen LogP contribution is -2.32. The van der Waals surface area contributed by atoms with Gasteiger partial charge in [0.25, 0.3) is 0 Å². The number of methoxy groups -OCH3 is 1. The average Bonchev–Trinajstić information content (AvgIpc) is 3.46. The number of carbonyl (C=O) groups excluding carboxylic acids is 1. The van der Waals surface area contributed by atoms with Gasteiger partial charge in [0.1, 0.15) is 17.3 Å². The number of carbonyl (C=O) groups is 1. The van der Waals surface area contributed by atoms with E-state index in [2.05, 4.69) is 20.9 Å². The zero-order valence-corrected chi connectivity index (χ0v) is 22.5. The van der Waals surface area contributed by atoms with Crippen LogP contribution in [0.1, 0.15) is 5.56 Å². The van der Waals surface area contributed by atoms with Crippen LogP contribution < -0.4 is 20.7 Å². The first-order valence-electron chi connectivity index (χ1n) is 13.0. The summed E-state index contributed by atoms with van der Waals surface area (Å²) >= 11 is 0. The van der Waals surface area contributed by atoms with Gasteiger partial charge in [0.2, 0.25) is 0 Å². The minimum Gasteiger partial charge on any atom is -0.497 e. The molecule has 0 atom stereocenters. The van der Waals surface area contributed by atoms with E-state index in [1.165, 1.54) is 12.1 Å². The van der Waals surface area contributed by atoms with Gasteiger partial charge in [-0.15, -0.1) is 0 Å². The van der Waals surface area contributed by atoms with Gasteiger partial charge in [-0.05, 0) is 60.2 Å². The van der Waals surface area contributed by atoms with Crippen LogP contribution in [0.15, 0.2) is 103 Å². The van der Waals surface area contributed by atoms with E-state index in [1.807, 2.05) is 77.6 Å². The third kappa shape index (κ3) is 6.87. The number of urea groups is 1. The summed E-state index contributed by atoms with van der Waals surface area (Å²) in [4.78, 5) is 16.6. The van der Waals surface area contributed by atoms with Crippen molar-refractivity contribution >= 4 is 17.5 Å². The van der Waals surface area contributed by atoms with Gasteiger partial charge in [-0.25, -0.2) is 14.5 Å². The van der Waals surface area contributed by atoms with Gasteiger partial charge in [-0.3, -0.25) is 0 Å². The van der Waals surface area contributed by atoms with E-state index in [-0.39, 0.29) is 12.2 Å². The van der Waals surface area contributed by atoms with E-state index >= 15 is 0 Å². The molecule has 42 heavy (non-hydrogen) atoms. The number of amides is 2. The van der Waals surface area contributed by atoms with Crippen molar-refractivity contribution in [3.63, 3.8) is 0 Å². The molecule has 2 aromatic heterocycles. The Morgan fingerprint density at radius 2 is 1.71 bits per heavy atom. The SMILES string of the molecule is COc1cccc(-c2nn(-c3ccccc3)cc2-c2ccnc(NCCNC(=O)Nc3cccc(C(F)(F)F)c3)c2)c1. The van der Waals surface area contributed by atoms with Crippen LogP contribution in [0.5, 0.6) is 5.75 Å². The Balaban J connectivity index is 1.28. The molecule has 2 amide bonds. The molecule has 0 unspecified atom stereocenters. The maximum absolute atomic E-state index is 12.9. The van der Waals surface area contributed by atoms with Gasteiger partial charge in [0.05, 0.1) is 18.4 Å². The molecule has 0 bridgehead atoms. The van der Waals surface area contributed by atoms with E-state index in [1.54, 1.807) is 13.3 Å². The standard InChI is InChI=1S/C31H27F3N6O2/c1-42-26-12-5-7-22(17-26)29-27(20-40(39-29)25-10-3-2-4-11-25)21-13-14-35-28(18-21)36-15-16-37-30(41)38-24-9-6-8-23(19-24)31(32,33)34/h2-14,17-20H,15-16H2,1H3,(H,35,36)(H2,37,38,41). The molecule has 3 N–H and O–H groups in total. The number of aromatic nitrogens is 3. The Hall–Kier alpha value is -5.32. The number of ether oxygens (including phenoxy) is 1. The molecule has 0 saturated heterocycles. The van der Waals surface area contributed by atoms with Gasteiger partial charge in [0, 0.05) is 42.3 Å². The number of hydrogen-bond acceptors (Lipinski definition) is 5. The number of anilines is 2. The van der Waals surface area contributed by atoms with Crippen LogP contribution in [0, 0.1) is 0 Å². The molecular formula is C31H27F3N6O2. The van der Waals surface area contributed by atoms with Crippen LogP contribution in [0.4, 0.5) is 29.5 Å². The van der Waals surface area contributed by atoms with Crippen molar-refractivity contribution < 1.29 is 22.7 Å². The highest BCUT2D eigenvalue weighted by Gasteiger charge is 2.30. The van der Waals surface area contributed by atoms with Crippen molar-refractivity contribution in [3.05, 3.63) is 109 Å². The number of pyridine rings is 1. The maximum Gasteiger partial charge on any atom is 0.416 e. The molecule has 8 nitrogen and oxygen atoms in total. The van der Waals surface area contributed by atoms with Crippen LogP contribution in [0.2, 0.25) is 0 Å². The minimum atomic E-state index is -4.49. The number of para-hydroxylation sites is 1. The Morgan fingerprint density at radius 1 is 0.905 bits per heavy atom. The molecule has 3 aromatic carbocycles. The first-order valence-corrected chi connectivity index (χ1v) is 13.0. The smallest absolute Gasteiger partial charge is 0.416 e.